The number of anilines is 1. The van der Waals surface area contributed by atoms with Gasteiger partial charge in [-0.1, -0.05) is 15.9 Å². The SMILES string of the molecule is Nc1cc(Br)ccc1C(=O)N1CCCCC1CO. The van der Waals surface area contributed by atoms with Crippen molar-refractivity contribution in [2.24, 2.45) is 0 Å². The summed E-state index contributed by atoms with van der Waals surface area (Å²) in [5.41, 5.74) is 6.86. The van der Waals surface area contributed by atoms with E-state index in [1.54, 1.807) is 17.0 Å². The van der Waals surface area contributed by atoms with Crippen molar-refractivity contribution < 1.29 is 9.90 Å². The maximum absolute atomic E-state index is 12.4. The molecule has 1 aromatic carbocycles. The van der Waals surface area contributed by atoms with E-state index >= 15 is 0 Å². The summed E-state index contributed by atoms with van der Waals surface area (Å²) in [7, 11) is 0. The number of halogens is 1. The zero-order valence-corrected chi connectivity index (χ0v) is 11.7. The van der Waals surface area contributed by atoms with Crippen LogP contribution in [0.4, 0.5) is 5.69 Å². The Balaban J connectivity index is 2.24. The number of benzene rings is 1. The minimum absolute atomic E-state index is 0.0160. The van der Waals surface area contributed by atoms with Gasteiger partial charge >= 0.3 is 0 Å². The molecule has 1 aromatic rings. The van der Waals surface area contributed by atoms with Crippen molar-refractivity contribution in [3.05, 3.63) is 28.2 Å². The summed E-state index contributed by atoms with van der Waals surface area (Å²) in [4.78, 5) is 14.2. The van der Waals surface area contributed by atoms with Crippen molar-refractivity contribution in [2.45, 2.75) is 25.3 Å². The van der Waals surface area contributed by atoms with E-state index in [2.05, 4.69) is 15.9 Å². The Morgan fingerprint density at radius 3 is 2.94 bits per heavy atom. The van der Waals surface area contributed by atoms with Gasteiger partial charge in [-0.05, 0) is 37.5 Å². The van der Waals surface area contributed by atoms with Crippen LogP contribution >= 0.6 is 15.9 Å². The molecule has 0 aromatic heterocycles. The van der Waals surface area contributed by atoms with Crippen LogP contribution in [0.5, 0.6) is 0 Å². The van der Waals surface area contributed by atoms with Crippen LogP contribution in [0.1, 0.15) is 29.6 Å². The van der Waals surface area contributed by atoms with Gasteiger partial charge in [0.05, 0.1) is 18.2 Å². The van der Waals surface area contributed by atoms with Gasteiger partial charge in [0.1, 0.15) is 0 Å². The van der Waals surface area contributed by atoms with Gasteiger partial charge in [-0.15, -0.1) is 0 Å². The fraction of sp³-hybridized carbons (Fsp3) is 0.462. The van der Waals surface area contributed by atoms with Crippen LogP contribution in [-0.4, -0.2) is 35.1 Å². The lowest BCUT2D eigenvalue weighted by molar-refractivity contribution is 0.0504. The first-order chi connectivity index (χ1) is 8.63. The van der Waals surface area contributed by atoms with E-state index in [9.17, 15) is 9.90 Å². The molecule has 1 amide bonds. The predicted molar refractivity (Wildman–Crippen MR) is 74.3 cm³/mol. The Hall–Kier alpha value is -1.07. The number of nitrogen functional groups attached to an aromatic ring is 1. The molecule has 1 heterocycles. The average molecular weight is 313 g/mol. The number of carbonyl (C=O) groups excluding carboxylic acids is 1. The highest BCUT2D eigenvalue weighted by atomic mass is 79.9. The molecule has 1 unspecified atom stereocenters. The monoisotopic (exact) mass is 312 g/mol. The first-order valence-corrected chi connectivity index (χ1v) is 6.89. The number of piperidine rings is 1. The van der Waals surface area contributed by atoms with Crippen LogP contribution in [0.3, 0.4) is 0 Å². The average Bonchev–Trinajstić information content (AvgIpc) is 2.38. The maximum Gasteiger partial charge on any atom is 0.256 e. The summed E-state index contributed by atoms with van der Waals surface area (Å²) in [5, 5.41) is 9.34. The third-order valence-corrected chi connectivity index (χ3v) is 3.84. The highest BCUT2D eigenvalue weighted by Gasteiger charge is 2.27. The van der Waals surface area contributed by atoms with Gasteiger partial charge in [0.2, 0.25) is 0 Å². The molecule has 5 heteroatoms. The fourth-order valence-corrected chi connectivity index (χ4v) is 2.72. The molecular formula is C13H17BrN2O2. The summed E-state index contributed by atoms with van der Waals surface area (Å²) < 4.78 is 0.855. The van der Waals surface area contributed by atoms with Crippen molar-refractivity contribution >= 4 is 27.5 Å². The van der Waals surface area contributed by atoms with Crippen LogP contribution in [-0.2, 0) is 0 Å². The standard InChI is InChI=1S/C13H17BrN2O2/c14-9-4-5-11(12(15)7-9)13(18)16-6-2-1-3-10(16)8-17/h4-5,7,10,17H,1-3,6,8,15H2. The molecule has 2 rings (SSSR count). The number of nitrogens with zero attached hydrogens (tertiary/aromatic N) is 1. The Labute approximate surface area is 115 Å². The summed E-state index contributed by atoms with van der Waals surface area (Å²) in [6.45, 7) is 0.710. The topological polar surface area (TPSA) is 66.6 Å². The third-order valence-electron chi connectivity index (χ3n) is 3.34. The molecule has 0 bridgehead atoms. The molecule has 4 nitrogen and oxygen atoms in total. The second-order valence-corrected chi connectivity index (χ2v) is 5.48. The highest BCUT2D eigenvalue weighted by molar-refractivity contribution is 9.10. The lowest BCUT2D eigenvalue weighted by Crippen LogP contribution is -2.45. The van der Waals surface area contributed by atoms with Crippen molar-refractivity contribution in [1.29, 1.82) is 0 Å². The van der Waals surface area contributed by atoms with Gasteiger partial charge in [-0.3, -0.25) is 4.79 Å². The zero-order chi connectivity index (χ0) is 13.1. The number of carbonyl (C=O) groups is 1. The maximum atomic E-state index is 12.4. The third kappa shape index (κ3) is 2.67. The number of hydrogen-bond acceptors (Lipinski definition) is 3. The minimum Gasteiger partial charge on any atom is -0.398 e. The van der Waals surface area contributed by atoms with Crippen LogP contribution < -0.4 is 5.73 Å². The minimum atomic E-state index is -0.0845. The lowest BCUT2D eigenvalue weighted by Gasteiger charge is -2.34. The number of rotatable bonds is 2. The van der Waals surface area contributed by atoms with E-state index in [1.807, 2.05) is 6.07 Å². The molecule has 0 saturated carbocycles. The molecule has 0 radical (unpaired) electrons. The second-order valence-electron chi connectivity index (χ2n) is 4.56. The van der Waals surface area contributed by atoms with Crippen LogP contribution in [0.15, 0.2) is 22.7 Å². The Bertz CT molecular complexity index is 451. The molecular weight excluding hydrogens is 296 g/mol. The summed E-state index contributed by atoms with van der Waals surface area (Å²) in [6.07, 6.45) is 2.90. The molecule has 1 aliphatic rings. The van der Waals surface area contributed by atoms with Crippen molar-refractivity contribution in [1.82, 2.24) is 4.90 Å². The van der Waals surface area contributed by atoms with Gasteiger partial charge in [-0.25, -0.2) is 0 Å². The lowest BCUT2D eigenvalue weighted by atomic mass is 10.0. The number of hydrogen-bond donors (Lipinski definition) is 2. The van der Waals surface area contributed by atoms with Gasteiger partial charge in [0, 0.05) is 16.7 Å². The summed E-state index contributed by atoms with van der Waals surface area (Å²) >= 11 is 3.32. The largest absolute Gasteiger partial charge is 0.398 e. The van der Waals surface area contributed by atoms with Gasteiger partial charge in [-0.2, -0.15) is 0 Å². The van der Waals surface area contributed by atoms with Crippen LogP contribution in [0.25, 0.3) is 0 Å². The zero-order valence-electron chi connectivity index (χ0n) is 10.1. The summed E-state index contributed by atoms with van der Waals surface area (Å²) in [5.74, 6) is -0.0845. The second kappa shape index (κ2) is 5.71. The smallest absolute Gasteiger partial charge is 0.256 e. The number of likely N-dealkylation sites (tertiary alicyclic amines) is 1. The highest BCUT2D eigenvalue weighted by Crippen LogP contribution is 2.24. The van der Waals surface area contributed by atoms with E-state index < -0.39 is 0 Å². The number of aliphatic hydroxyl groups is 1. The van der Waals surface area contributed by atoms with Crippen molar-refractivity contribution in [3.8, 4) is 0 Å². The molecule has 0 aliphatic carbocycles. The molecule has 1 atom stereocenters. The molecule has 98 valence electrons. The molecule has 3 N–H and O–H groups in total. The van der Waals surface area contributed by atoms with Crippen LogP contribution in [0.2, 0.25) is 0 Å². The van der Waals surface area contributed by atoms with Gasteiger partial charge < -0.3 is 15.7 Å². The van der Waals surface area contributed by atoms with E-state index in [0.29, 0.717) is 17.8 Å². The number of nitrogens with two attached hydrogens (primary N) is 1. The quantitative estimate of drug-likeness (QED) is 0.821. The normalized spacial score (nSPS) is 19.9. The summed E-state index contributed by atoms with van der Waals surface area (Å²) in [6, 6.07) is 5.19. The van der Waals surface area contributed by atoms with Gasteiger partial charge in [0.15, 0.2) is 0 Å². The molecule has 0 spiro atoms. The Kier molecular flexibility index (Phi) is 4.24. The van der Waals surface area contributed by atoms with E-state index in [1.165, 1.54) is 0 Å². The molecule has 18 heavy (non-hydrogen) atoms. The fourth-order valence-electron chi connectivity index (χ4n) is 2.34. The van der Waals surface area contributed by atoms with E-state index in [-0.39, 0.29) is 18.6 Å². The first-order valence-electron chi connectivity index (χ1n) is 6.10. The van der Waals surface area contributed by atoms with Crippen LogP contribution in [0, 0.1) is 0 Å². The number of amides is 1. The van der Waals surface area contributed by atoms with E-state index in [0.717, 1.165) is 23.7 Å². The van der Waals surface area contributed by atoms with Crippen molar-refractivity contribution in [2.75, 3.05) is 18.9 Å². The Morgan fingerprint density at radius 2 is 2.28 bits per heavy atom. The van der Waals surface area contributed by atoms with E-state index in [4.69, 9.17) is 5.73 Å². The van der Waals surface area contributed by atoms with Gasteiger partial charge in [0.25, 0.3) is 5.91 Å². The molecule has 1 fully saturated rings. The predicted octanol–water partition coefficient (Wildman–Crippen LogP) is 2.02. The Morgan fingerprint density at radius 1 is 1.50 bits per heavy atom. The molecule has 1 aliphatic heterocycles. The number of aliphatic hydroxyl groups excluding tert-OH is 1. The van der Waals surface area contributed by atoms with Crippen molar-refractivity contribution in [3.63, 3.8) is 0 Å². The first kappa shape index (κ1) is 13.4. The molecule has 1 saturated heterocycles.